The summed E-state index contributed by atoms with van der Waals surface area (Å²) >= 11 is 0. The summed E-state index contributed by atoms with van der Waals surface area (Å²) in [5.74, 6) is -0.162. The number of hydrogen-bond acceptors (Lipinski definition) is 4. The molecule has 1 heterocycles. The molecule has 5 aromatic carbocycles. The zero-order valence-corrected chi connectivity index (χ0v) is 26.0. The molecule has 0 N–H and O–H groups in total. The maximum absolute atomic E-state index is 14.7. The van der Waals surface area contributed by atoms with Gasteiger partial charge in [0.1, 0.15) is 23.0 Å². The van der Waals surface area contributed by atoms with Crippen molar-refractivity contribution < 1.29 is 45.4 Å². The molecule has 0 saturated heterocycles. The fraction of sp³-hybridized carbons (Fsp3) is 0.158. The monoisotopic (exact) mass is 675 g/mol. The Morgan fingerprint density at radius 3 is 1.20 bits per heavy atom. The van der Waals surface area contributed by atoms with Crippen LogP contribution in [0.25, 0.3) is 0 Å². The molecule has 0 fully saturated rings. The van der Waals surface area contributed by atoms with Gasteiger partial charge in [-0.1, -0.05) is 62.4 Å². The molecule has 0 unspecified atom stereocenters. The molecule has 5 aromatic rings. The SMILES string of the molecule is CC(C)c1ccc(Oc2ccc(C(c3ccc(Oc4ccc(N5C(=O)c6ccccc6C5=O)cc4)cc3)(C(F)(F)F)C(F)(F)F)cc2)cc1. The van der Waals surface area contributed by atoms with Crippen LogP contribution in [0.2, 0.25) is 0 Å². The van der Waals surface area contributed by atoms with Crippen LogP contribution in [0.15, 0.2) is 121 Å². The van der Waals surface area contributed by atoms with Crippen LogP contribution in [0.5, 0.6) is 23.0 Å². The number of carbonyl (C=O) groups excluding carboxylic acids is 2. The molecule has 5 nitrogen and oxygen atoms in total. The van der Waals surface area contributed by atoms with Crippen LogP contribution in [0.1, 0.15) is 57.2 Å². The van der Waals surface area contributed by atoms with Gasteiger partial charge in [-0.25, -0.2) is 4.90 Å². The maximum Gasteiger partial charge on any atom is 0.411 e. The Hall–Kier alpha value is -5.58. The average Bonchev–Trinajstić information content (AvgIpc) is 3.31. The van der Waals surface area contributed by atoms with E-state index in [1.54, 1.807) is 36.4 Å². The van der Waals surface area contributed by atoms with Crippen LogP contribution in [0.4, 0.5) is 32.0 Å². The van der Waals surface area contributed by atoms with Crippen LogP contribution < -0.4 is 14.4 Å². The molecule has 0 aromatic heterocycles. The Labute approximate surface area is 277 Å². The second-order valence-corrected chi connectivity index (χ2v) is 11.7. The highest BCUT2D eigenvalue weighted by atomic mass is 19.4. The molecule has 0 spiro atoms. The van der Waals surface area contributed by atoms with E-state index < -0.39 is 40.7 Å². The van der Waals surface area contributed by atoms with Crippen LogP contribution in [-0.2, 0) is 5.41 Å². The number of alkyl halides is 6. The van der Waals surface area contributed by atoms with Gasteiger partial charge in [-0.2, -0.15) is 26.3 Å². The number of fused-ring (bicyclic) bond motifs is 1. The van der Waals surface area contributed by atoms with Gasteiger partial charge >= 0.3 is 12.4 Å². The highest BCUT2D eigenvalue weighted by molar-refractivity contribution is 6.34. The topological polar surface area (TPSA) is 55.8 Å². The van der Waals surface area contributed by atoms with Crippen molar-refractivity contribution >= 4 is 17.5 Å². The molecule has 0 radical (unpaired) electrons. The summed E-state index contributed by atoms with van der Waals surface area (Å²) in [5.41, 5.74) is -4.63. The number of anilines is 1. The zero-order valence-electron chi connectivity index (χ0n) is 26.0. The molecule has 2 amide bonds. The zero-order chi connectivity index (χ0) is 35.1. The van der Waals surface area contributed by atoms with Crippen molar-refractivity contribution in [2.45, 2.75) is 37.5 Å². The fourth-order valence-corrected chi connectivity index (χ4v) is 5.81. The summed E-state index contributed by atoms with van der Waals surface area (Å²) in [4.78, 5) is 26.5. The molecular formula is C38H27F6NO4. The molecule has 11 heteroatoms. The van der Waals surface area contributed by atoms with Crippen LogP contribution in [0.3, 0.4) is 0 Å². The Kier molecular flexibility index (Phi) is 8.48. The Morgan fingerprint density at radius 1 is 0.510 bits per heavy atom. The normalized spacial score (nSPS) is 13.5. The molecular weight excluding hydrogens is 648 g/mol. The lowest BCUT2D eigenvalue weighted by Gasteiger charge is -2.38. The number of imide groups is 1. The standard InChI is InChI=1S/C38H27F6NO4/c1-23(2)24-7-15-28(16-8-24)48-29-17-9-25(10-18-29)36(37(39,40)41,38(42,43)44)26-11-19-30(20-12-26)49-31-21-13-27(14-22-31)45-34(46)32-5-3-4-6-33(32)35(45)47/h3-23H,1-2H3. The number of amides is 2. The lowest BCUT2D eigenvalue weighted by atomic mass is 9.73. The second kappa shape index (κ2) is 12.5. The van der Waals surface area contributed by atoms with Gasteiger partial charge in [0, 0.05) is 0 Å². The molecule has 0 atom stereocenters. The van der Waals surface area contributed by atoms with E-state index in [4.69, 9.17) is 9.47 Å². The van der Waals surface area contributed by atoms with Crippen LogP contribution in [-0.4, -0.2) is 24.2 Å². The van der Waals surface area contributed by atoms with E-state index in [2.05, 4.69) is 0 Å². The van der Waals surface area contributed by atoms with Crippen molar-refractivity contribution in [3.8, 4) is 23.0 Å². The predicted molar refractivity (Wildman–Crippen MR) is 170 cm³/mol. The Balaban J connectivity index is 1.24. The van der Waals surface area contributed by atoms with Gasteiger partial charge in [0.05, 0.1) is 16.8 Å². The van der Waals surface area contributed by atoms with Crippen molar-refractivity contribution in [1.82, 2.24) is 0 Å². The number of halogens is 6. The summed E-state index contributed by atoms with van der Waals surface area (Å²) in [7, 11) is 0. The van der Waals surface area contributed by atoms with Gasteiger partial charge in [-0.05, 0) is 95.4 Å². The minimum atomic E-state index is -5.78. The van der Waals surface area contributed by atoms with E-state index in [0.29, 0.717) is 5.75 Å². The van der Waals surface area contributed by atoms with Gasteiger partial charge in [-0.15, -0.1) is 0 Å². The smallest absolute Gasteiger partial charge is 0.411 e. The molecule has 1 aliphatic heterocycles. The first kappa shape index (κ1) is 33.3. The summed E-state index contributed by atoms with van der Waals surface area (Å²) in [5, 5.41) is 0. The summed E-state index contributed by atoms with van der Waals surface area (Å²) in [6, 6.07) is 26.2. The van der Waals surface area contributed by atoms with E-state index in [1.807, 2.05) is 26.0 Å². The maximum atomic E-state index is 14.7. The molecule has 49 heavy (non-hydrogen) atoms. The van der Waals surface area contributed by atoms with Crippen molar-refractivity contribution in [3.05, 3.63) is 149 Å². The number of carbonyl (C=O) groups is 2. The number of nitrogens with zero attached hydrogens (tertiary/aromatic N) is 1. The molecule has 6 rings (SSSR count). The first-order chi connectivity index (χ1) is 23.2. The average molecular weight is 676 g/mol. The van der Waals surface area contributed by atoms with E-state index in [0.717, 1.165) is 59.0 Å². The van der Waals surface area contributed by atoms with Gasteiger partial charge in [0.25, 0.3) is 11.8 Å². The quantitative estimate of drug-likeness (QED) is 0.121. The first-order valence-electron chi connectivity index (χ1n) is 15.1. The highest BCUT2D eigenvalue weighted by Crippen LogP contribution is 2.56. The lowest BCUT2D eigenvalue weighted by molar-refractivity contribution is -0.288. The summed E-state index contributed by atoms with van der Waals surface area (Å²) in [6.45, 7) is 4.01. The third-order valence-electron chi connectivity index (χ3n) is 8.33. The summed E-state index contributed by atoms with van der Waals surface area (Å²) in [6.07, 6.45) is -11.6. The fourth-order valence-electron chi connectivity index (χ4n) is 5.81. The lowest BCUT2D eigenvalue weighted by Crippen LogP contribution is -2.54. The Bertz CT molecular complexity index is 1930. The molecule has 0 saturated carbocycles. The number of hydrogen-bond donors (Lipinski definition) is 0. The van der Waals surface area contributed by atoms with Crippen molar-refractivity contribution in [2.75, 3.05) is 4.90 Å². The number of ether oxygens (including phenoxy) is 2. The van der Waals surface area contributed by atoms with Crippen molar-refractivity contribution in [1.29, 1.82) is 0 Å². The van der Waals surface area contributed by atoms with Gasteiger partial charge in [-0.3, -0.25) is 9.59 Å². The van der Waals surface area contributed by atoms with Crippen LogP contribution in [0, 0.1) is 0 Å². The minimum absolute atomic E-state index is 0.0392. The number of rotatable bonds is 8. The second-order valence-electron chi connectivity index (χ2n) is 11.7. The van der Waals surface area contributed by atoms with Gasteiger partial charge in [0.2, 0.25) is 5.41 Å². The first-order valence-corrected chi connectivity index (χ1v) is 15.1. The van der Waals surface area contributed by atoms with E-state index in [-0.39, 0.29) is 40.0 Å². The minimum Gasteiger partial charge on any atom is -0.457 e. The van der Waals surface area contributed by atoms with Crippen LogP contribution >= 0.6 is 0 Å². The van der Waals surface area contributed by atoms with Crippen molar-refractivity contribution in [2.24, 2.45) is 0 Å². The Morgan fingerprint density at radius 2 is 0.857 bits per heavy atom. The largest absolute Gasteiger partial charge is 0.457 e. The van der Waals surface area contributed by atoms with E-state index in [9.17, 15) is 35.9 Å². The highest BCUT2D eigenvalue weighted by Gasteiger charge is 2.72. The van der Waals surface area contributed by atoms with E-state index >= 15 is 0 Å². The van der Waals surface area contributed by atoms with Crippen molar-refractivity contribution in [3.63, 3.8) is 0 Å². The summed E-state index contributed by atoms with van der Waals surface area (Å²) < 4.78 is 99.6. The molecule has 1 aliphatic rings. The molecule has 0 bridgehead atoms. The molecule has 250 valence electrons. The van der Waals surface area contributed by atoms with Gasteiger partial charge in [0.15, 0.2) is 0 Å². The molecule has 0 aliphatic carbocycles. The van der Waals surface area contributed by atoms with E-state index in [1.165, 1.54) is 24.3 Å². The van der Waals surface area contributed by atoms with Gasteiger partial charge < -0.3 is 9.47 Å². The predicted octanol–water partition coefficient (Wildman–Crippen LogP) is 10.6. The third kappa shape index (κ3) is 6.01. The number of benzene rings is 5. The third-order valence-corrected chi connectivity index (χ3v) is 8.33.